The predicted molar refractivity (Wildman–Crippen MR) is 133 cm³/mol. The van der Waals surface area contributed by atoms with Crippen LogP contribution >= 0.6 is 0 Å². The van der Waals surface area contributed by atoms with Crippen molar-refractivity contribution in [2.24, 2.45) is 10.9 Å². The Kier molecular flexibility index (Phi) is 7.80. The highest BCUT2D eigenvalue weighted by atomic mass is 16.5. The van der Waals surface area contributed by atoms with E-state index in [1.54, 1.807) is 16.7 Å². The second-order valence-electron chi connectivity index (χ2n) is 8.39. The lowest BCUT2D eigenvalue weighted by Crippen LogP contribution is -2.36. The SMILES string of the molecule is CCNC(=NCc1ccc(Cn2ccccc2=O)cc1)NCc1ccccc1OCC1CC1. The van der Waals surface area contributed by atoms with Gasteiger partial charge in [-0.1, -0.05) is 48.5 Å². The summed E-state index contributed by atoms with van der Waals surface area (Å²) in [5.74, 6) is 2.44. The van der Waals surface area contributed by atoms with Crippen LogP contribution in [0.3, 0.4) is 0 Å². The molecule has 2 N–H and O–H groups in total. The maximum Gasteiger partial charge on any atom is 0.250 e. The molecule has 0 saturated heterocycles. The van der Waals surface area contributed by atoms with Crippen LogP contribution in [-0.2, 0) is 19.6 Å². The fourth-order valence-electron chi connectivity index (χ4n) is 3.51. The summed E-state index contributed by atoms with van der Waals surface area (Å²) in [6.45, 7) is 5.44. The summed E-state index contributed by atoms with van der Waals surface area (Å²) in [5.41, 5.74) is 3.34. The van der Waals surface area contributed by atoms with Crippen LogP contribution in [0.2, 0.25) is 0 Å². The molecule has 1 aromatic heterocycles. The van der Waals surface area contributed by atoms with Crippen LogP contribution in [0.1, 0.15) is 36.5 Å². The van der Waals surface area contributed by atoms with Crippen molar-refractivity contribution in [3.05, 3.63) is 100.0 Å². The number of aliphatic imine (C=N–C) groups is 1. The highest BCUT2D eigenvalue weighted by Gasteiger charge is 2.22. The molecule has 1 fully saturated rings. The number of aromatic nitrogens is 1. The molecular weight excluding hydrogens is 412 g/mol. The molecule has 0 unspecified atom stereocenters. The Balaban J connectivity index is 1.34. The molecule has 0 spiro atoms. The van der Waals surface area contributed by atoms with E-state index in [9.17, 15) is 4.79 Å². The lowest BCUT2D eigenvalue weighted by molar-refractivity contribution is 0.296. The number of ether oxygens (including phenoxy) is 1. The van der Waals surface area contributed by atoms with Crippen LogP contribution in [0, 0.1) is 5.92 Å². The molecule has 4 rings (SSSR count). The lowest BCUT2D eigenvalue weighted by atomic mass is 10.1. The fraction of sp³-hybridized carbons (Fsp3) is 0.333. The number of guanidine groups is 1. The summed E-state index contributed by atoms with van der Waals surface area (Å²) >= 11 is 0. The molecule has 6 heteroatoms. The van der Waals surface area contributed by atoms with Crippen molar-refractivity contribution in [1.82, 2.24) is 15.2 Å². The summed E-state index contributed by atoms with van der Waals surface area (Å²) in [6.07, 6.45) is 4.37. The third kappa shape index (κ3) is 6.97. The van der Waals surface area contributed by atoms with Crippen molar-refractivity contribution >= 4 is 5.96 Å². The van der Waals surface area contributed by atoms with Gasteiger partial charge < -0.3 is 19.9 Å². The van der Waals surface area contributed by atoms with Gasteiger partial charge in [0.1, 0.15) is 5.75 Å². The van der Waals surface area contributed by atoms with E-state index in [1.807, 2.05) is 30.5 Å². The van der Waals surface area contributed by atoms with E-state index in [0.29, 0.717) is 19.6 Å². The Hall–Kier alpha value is -3.54. The van der Waals surface area contributed by atoms with Gasteiger partial charge in [-0.2, -0.15) is 0 Å². The van der Waals surface area contributed by atoms with Crippen molar-refractivity contribution in [1.29, 1.82) is 0 Å². The standard InChI is InChI=1S/C27H32N4O2/c1-2-28-27(30-18-24-7-3-4-8-25(24)33-20-23-14-15-23)29-17-21-10-12-22(13-11-21)19-31-16-6-5-9-26(31)32/h3-13,16,23H,2,14-15,17-20H2,1H3,(H2,28,29,30). The van der Waals surface area contributed by atoms with Crippen LogP contribution < -0.4 is 20.9 Å². The van der Waals surface area contributed by atoms with Crippen LogP contribution in [0.25, 0.3) is 0 Å². The molecule has 172 valence electrons. The number of rotatable bonds is 10. The molecule has 0 amide bonds. The van der Waals surface area contributed by atoms with Crippen LogP contribution in [0.15, 0.2) is 82.7 Å². The second kappa shape index (κ2) is 11.4. The molecule has 0 aliphatic heterocycles. The zero-order valence-corrected chi connectivity index (χ0v) is 19.2. The highest BCUT2D eigenvalue weighted by Crippen LogP contribution is 2.30. The van der Waals surface area contributed by atoms with E-state index in [4.69, 9.17) is 9.73 Å². The Morgan fingerprint density at radius 1 is 1.00 bits per heavy atom. The number of para-hydroxylation sites is 1. The van der Waals surface area contributed by atoms with Gasteiger partial charge in [-0.3, -0.25) is 4.79 Å². The van der Waals surface area contributed by atoms with Crippen molar-refractivity contribution in [2.75, 3.05) is 13.2 Å². The lowest BCUT2D eigenvalue weighted by Gasteiger charge is -2.14. The maximum atomic E-state index is 11.9. The number of hydrogen-bond acceptors (Lipinski definition) is 3. The Bertz CT molecular complexity index is 1120. The normalized spacial score (nSPS) is 13.5. The fourth-order valence-corrected chi connectivity index (χ4v) is 3.51. The Morgan fingerprint density at radius 2 is 1.76 bits per heavy atom. The molecule has 1 saturated carbocycles. The number of hydrogen-bond donors (Lipinski definition) is 2. The van der Waals surface area contributed by atoms with E-state index >= 15 is 0 Å². The number of pyridine rings is 1. The number of nitrogens with zero attached hydrogens (tertiary/aromatic N) is 2. The van der Waals surface area contributed by atoms with Gasteiger partial charge in [-0.15, -0.1) is 0 Å². The van der Waals surface area contributed by atoms with Crippen LogP contribution in [0.4, 0.5) is 0 Å². The molecule has 33 heavy (non-hydrogen) atoms. The Morgan fingerprint density at radius 3 is 2.52 bits per heavy atom. The third-order valence-corrected chi connectivity index (χ3v) is 5.63. The van der Waals surface area contributed by atoms with E-state index in [0.717, 1.165) is 47.5 Å². The molecule has 1 aliphatic carbocycles. The molecule has 0 atom stereocenters. The maximum absolute atomic E-state index is 11.9. The average molecular weight is 445 g/mol. The quantitative estimate of drug-likeness (QED) is 0.367. The largest absolute Gasteiger partial charge is 0.493 e. The second-order valence-corrected chi connectivity index (χ2v) is 8.39. The van der Waals surface area contributed by atoms with Crippen molar-refractivity contribution in [2.45, 2.75) is 39.4 Å². The van der Waals surface area contributed by atoms with E-state index < -0.39 is 0 Å². The third-order valence-electron chi connectivity index (χ3n) is 5.63. The predicted octanol–water partition coefficient (Wildman–Crippen LogP) is 3.94. The van der Waals surface area contributed by atoms with Gasteiger partial charge >= 0.3 is 0 Å². The van der Waals surface area contributed by atoms with Crippen LogP contribution in [-0.4, -0.2) is 23.7 Å². The van der Waals surface area contributed by atoms with E-state index in [1.165, 1.54) is 12.8 Å². The van der Waals surface area contributed by atoms with Crippen molar-refractivity contribution in [3.63, 3.8) is 0 Å². The topological polar surface area (TPSA) is 67.7 Å². The molecule has 0 bridgehead atoms. The molecule has 1 heterocycles. The summed E-state index contributed by atoms with van der Waals surface area (Å²) in [7, 11) is 0. The van der Waals surface area contributed by atoms with Gasteiger partial charge in [0.05, 0.1) is 19.7 Å². The summed E-state index contributed by atoms with van der Waals surface area (Å²) in [5, 5.41) is 6.74. The van der Waals surface area contributed by atoms with Gasteiger partial charge in [0.25, 0.3) is 5.56 Å². The van der Waals surface area contributed by atoms with Gasteiger partial charge in [0.15, 0.2) is 5.96 Å². The number of nitrogens with one attached hydrogen (secondary N) is 2. The molecule has 0 radical (unpaired) electrons. The first-order valence-electron chi connectivity index (χ1n) is 11.7. The van der Waals surface area contributed by atoms with Gasteiger partial charge in [-0.05, 0) is 48.9 Å². The van der Waals surface area contributed by atoms with Gasteiger partial charge in [0, 0.05) is 30.9 Å². The van der Waals surface area contributed by atoms with Crippen molar-refractivity contribution in [3.8, 4) is 5.75 Å². The van der Waals surface area contributed by atoms with Gasteiger partial charge in [0.2, 0.25) is 0 Å². The minimum atomic E-state index is 0.00652. The summed E-state index contributed by atoms with van der Waals surface area (Å²) < 4.78 is 7.72. The first kappa shape index (κ1) is 22.6. The van der Waals surface area contributed by atoms with Crippen LogP contribution in [0.5, 0.6) is 5.75 Å². The van der Waals surface area contributed by atoms with Crippen molar-refractivity contribution < 1.29 is 4.74 Å². The minimum absolute atomic E-state index is 0.00652. The number of benzene rings is 2. The molecular formula is C27H32N4O2. The Labute approximate surface area is 195 Å². The zero-order valence-electron chi connectivity index (χ0n) is 19.2. The average Bonchev–Trinajstić information content (AvgIpc) is 3.67. The summed E-state index contributed by atoms with van der Waals surface area (Å²) in [6, 6.07) is 21.6. The highest BCUT2D eigenvalue weighted by molar-refractivity contribution is 5.79. The monoisotopic (exact) mass is 444 g/mol. The minimum Gasteiger partial charge on any atom is -0.493 e. The smallest absolute Gasteiger partial charge is 0.250 e. The molecule has 1 aliphatic rings. The molecule has 3 aromatic rings. The molecule has 6 nitrogen and oxygen atoms in total. The first-order valence-corrected chi connectivity index (χ1v) is 11.7. The van der Waals surface area contributed by atoms with Gasteiger partial charge in [-0.25, -0.2) is 4.99 Å². The summed E-state index contributed by atoms with van der Waals surface area (Å²) in [4.78, 5) is 16.6. The van der Waals surface area contributed by atoms with E-state index in [2.05, 4.69) is 47.9 Å². The molecule has 2 aromatic carbocycles. The zero-order chi connectivity index (χ0) is 22.9. The first-order chi connectivity index (χ1) is 16.2. The van der Waals surface area contributed by atoms with E-state index in [-0.39, 0.29) is 5.56 Å².